The monoisotopic (exact) mass is 585 g/mol. The molecule has 10 heteroatoms. The number of hydrogen-bond acceptors (Lipinski definition) is 4. The quantitative estimate of drug-likeness (QED) is 0.345. The third-order valence-corrected chi connectivity index (χ3v) is 8.52. The Bertz CT molecular complexity index is 1430. The predicted octanol–water partition coefficient (Wildman–Crippen LogP) is 4.94. The third kappa shape index (κ3) is 7.61. The van der Waals surface area contributed by atoms with E-state index in [1.54, 1.807) is 30.3 Å². The van der Waals surface area contributed by atoms with E-state index in [-0.39, 0.29) is 41.2 Å². The smallest absolute Gasteiger partial charge is 0.244 e. The maximum absolute atomic E-state index is 14.8. The molecule has 2 amide bonds. The summed E-state index contributed by atoms with van der Waals surface area (Å²) in [6, 6.07) is 20.6. The van der Waals surface area contributed by atoms with Gasteiger partial charge in [0, 0.05) is 24.6 Å². The van der Waals surface area contributed by atoms with Crippen molar-refractivity contribution in [3.8, 4) is 0 Å². The lowest BCUT2D eigenvalue weighted by molar-refractivity contribution is -0.140. The second kappa shape index (κ2) is 13.3. The molecule has 1 atom stereocenters. The second-order valence-corrected chi connectivity index (χ2v) is 12.3. The number of amides is 2. The number of carbonyl (C=O) groups excluding carboxylic acids is 2. The summed E-state index contributed by atoms with van der Waals surface area (Å²) in [6.07, 6.45) is 4.86. The third-order valence-electron chi connectivity index (χ3n) is 7.07. The number of benzene rings is 3. The van der Waals surface area contributed by atoms with Crippen LogP contribution in [0.4, 0.5) is 10.1 Å². The highest BCUT2D eigenvalue weighted by Gasteiger charge is 2.35. The van der Waals surface area contributed by atoms with Crippen LogP contribution in [-0.2, 0) is 32.6 Å². The van der Waals surface area contributed by atoms with Gasteiger partial charge in [-0.05, 0) is 36.6 Å². The van der Waals surface area contributed by atoms with Crippen molar-refractivity contribution in [2.75, 3.05) is 17.1 Å². The van der Waals surface area contributed by atoms with Crippen LogP contribution >= 0.6 is 11.6 Å². The minimum atomic E-state index is -3.95. The molecule has 0 bridgehead atoms. The van der Waals surface area contributed by atoms with Crippen LogP contribution < -0.4 is 9.62 Å². The molecule has 0 aromatic heterocycles. The lowest BCUT2D eigenvalue weighted by Gasteiger charge is -2.34. The Balaban J connectivity index is 1.74. The zero-order valence-electron chi connectivity index (χ0n) is 22.3. The Kier molecular flexibility index (Phi) is 9.81. The van der Waals surface area contributed by atoms with Crippen molar-refractivity contribution in [1.82, 2.24) is 10.2 Å². The highest BCUT2D eigenvalue weighted by molar-refractivity contribution is 7.92. The molecule has 0 saturated heterocycles. The molecule has 0 radical (unpaired) electrons. The van der Waals surface area contributed by atoms with Crippen LogP contribution in [0.1, 0.15) is 36.8 Å². The van der Waals surface area contributed by atoms with Gasteiger partial charge in [0.15, 0.2) is 0 Å². The van der Waals surface area contributed by atoms with E-state index in [0.717, 1.165) is 41.8 Å². The standard InChI is InChI=1S/C30H33ClFN3O4S/c1-40(38,39)35(27-18-10-8-16-25(27)31)21-29(36)34(20-23-13-5-9-17-26(23)32)28(19-22-11-3-2-4-12-22)30(37)33-24-14-6-7-15-24/h2-5,8-13,16-18,24,28H,6-7,14-15,19-21H2,1H3,(H,33,37)/t28-/m1/s1. The first-order valence-electron chi connectivity index (χ1n) is 13.2. The van der Waals surface area contributed by atoms with Crippen LogP contribution in [-0.4, -0.2) is 50.0 Å². The van der Waals surface area contributed by atoms with Crippen LogP contribution in [0.15, 0.2) is 78.9 Å². The second-order valence-electron chi connectivity index (χ2n) is 10.0. The molecule has 1 aliphatic carbocycles. The zero-order chi connectivity index (χ0) is 28.7. The molecule has 0 aliphatic heterocycles. The summed E-state index contributed by atoms with van der Waals surface area (Å²) in [5, 5.41) is 3.23. The van der Waals surface area contributed by atoms with E-state index in [1.807, 2.05) is 30.3 Å². The summed E-state index contributed by atoms with van der Waals surface area (Å²) in [4.78, 5) is 29.1. The number of para-hydroxylation sites is 1. The van der Waals surface area contributed by atoms with E-state index in [4.69, 9.17) is 11.6 Å². The van der Waals surface area contributed by atoms with E-state index in [1.165, 1.54) is 23.1 Å². The van der Waals surface area contributed by atoms with Crippen LogP contribution in [0.5, 0.6) is 0 Å². The minimum Gasteiger partial charge on any atom is -0.352 e. The maximum atomic E-state index is 14.8. The van der Waals surface area contributed by atoms with Crippen LogP contribution in [0.25, 0.3) is 0 Å². The topological polar surface area (TPSA) is 86.8 Å². The Morgan fingerprint density at radius 1 is 0.975 bits per heavy atom. The van der Waals surface area contributed by atoms with Gasteiger partial charge in [0.2, 0.25) is 21.8 Å². The number of halogens is 2. The summed E-state index contributed by atoms with van der Waals surface area (Å²) in [5.74, 6) is -1.54. The number of carbonyl (C=O) groups is 2. The van der Waals surface area contributed by atoms with Crippen molar-refractivity contribution in [3.05, 3.63) is 101 Å². The Morgan fingerprint density at radius 2 is 1.60 bits per heavy atom. The van der Waals surface area contributed by atoms with E-state index >= 15 is 0 Å². The van der Waals surface area contributed by atoms with Crippen LogP contribution in [0.3, 0.4) is 0 Å². The fourth-order valence-corrected chi connectivity index (χ4v) is 6.13. The summed E-state index contributed by atoms with van der Waals surface area (Å²) < 4.78 is 41.4. The molecule has 0 heterocycles. The SMILES string of the molecule is CS(=O)(=O)N(CC(=O)N(Cc1ccccc1F)[C@H](Cc1ccccc1)C(=O)NC1CCCC1)c1ccccc1Cl. The van der Waals surface area contributed by atoms with E-state index in [0.29, 0.717) is 0 Å². The van der Waals surface area contributed by atoms with Gasteiger partial charge in [0.25, 0.3) is 0 Å². The van der Waals surface area contributed by atoms with Gasteiger partial charge in [-0.15, -0.1) is 0 Å². The number of sulfonamides is 1. The molecule has 1 aliphatic rings. The van der Waals surface area contributed by atoms with Crippen LogP contribution in [0.2, 0.25) is 5.02 Å². The van der Waals surface area contributed by atoms with Crippen molar-refractivity contribution >= 4 is 39.1 Å². The first kappa shape index (κ1) is 29.6. The number of hydrogen-bond donors (Lipinski definition) is 1. The van der Waals surface area contributed by atoms with E-state index in [9.17, 15) is 22.4 Å². The van der Waals surface area contributed by atoms with Crippen molar-refractivity contribution in [2.24, 2.45) is 0 Å². The largest absolute Gasteiger partial charge is 0.352 e. The Labute approximate surface area is 240 Å². The summed E-state index contributed by atoms with van der Waals surface area (Å²) in [5.41, 5.74) is 1.17. The molecule has 1 fully saturated rings. The first-order valence-corrected chi connectivity index (χ1v) is 15.5. The van der Waals surface area contributed by atoms with Gasteiger partial charge in [-0.2, -0.15) is 0 Å². The molecule has 0 spiro atoms. The maximum Gasteiger partial charge on any atom is 0.244 e. The van der Waals surface area contributed by atoms with Gasteiger partial charge in [-0.3, -0.25) is 13.9 Å². The summed E-state index contributed by atoms with van der Waals surface area (Å²) in [7, 11) is -3.95. The molecular weight excluding hydrogens is 553 g/mol. The van der Waals surface area contributed by atoms with Gasteiger partial charge >= 0.3 is 0 Å². The minimum absolute atomic E-state index is 0.00756. The molecule has 1 saturated carbocycles. The van der Waals surface area contributed by atoms with Gasteiger partial charge in [0.1, 0.15) is 18.4 Å². The van der Waals surface area contributed by atoms with Crippen molar-refractivity contribution < 1.29 is 22.4 Å². The van der Waals surface area contributed by atoms with Crippen LogP contribution in [0, 0.1) is 5.82 Å². The fourth-order valence-electron chi connectivity index (χ4n) is 4.98. The molecule has 40 heavy (non-hydrogen) atoms. The zero-order valence-corrected chi connectivity index (χ0v) is 23.9. The van der Waals surface area contributed by atoms with Crippen molar-refractivity contribution in [1.29, 1.82) is 0 Å². The number of nitrogens with zero attached hydrogens (tertiary/aromatic N) is 2. The molecule has 7 nitrogen and oxygen atoms in total. The van der Waals surface area contributed by atoms with Gasteiger partial charge in [-0.1, -0.05) is 85.1 Å². The first-order chi connectivity index (χ1) is 19.1. The number of anilines is 1. The molecule has 0 unspecified atom stereocenters. The lowest BCUT2D eigenvalue weighted by atomic mass is 10.0. The number of nitrogens with one attached hydrogen (secondary N) is 1. The fraction of sp³-hybridized carbons (Fsp3) is 0.333. The Hall–Kier alpha value is -3.43. The van der Waals surface area contributed by atoms with E-state index in [2.05, 4.69) is 5.32 Å². The van der Waals surface area contributed by atoms with E-state index < -0.39 is 34.3 Å². The molecule has 3 aromatic carbocycles. The normalized spacial score (nSPS) is 14.5. The average molecular weight is 586 g/mol. The molecular formula is C30H33ClFN3O4S. The number of rotatable bonds is 11. The average Bonchev–Trinajstić information content (AvgIpc) is 3.43. The van der Waals surface area contributed by atoms with Crippen molar-refractivity contribution in [2.45, 2.75) is 50.7 Å². The molecule has 212 valence electrons. The molecule has 1 N–H and O–H groups in total. The highest BCUT2D eigenvalue weighted by atomic mass is 35.5. The summed E-state index contributed by atoms with van der Waals surface area (Å²) in [6.45, 7) is -0.833. The Morgan fingerprint density at radius 3 is 2.25 bits per heavy atom. The van der Waals surface area contributed by atoms with Crippen molar-refractivity contribution in [3.63, 3.8) is 0 Å². The van der Waals surface area contributed by atoms with Gasteiger partial charge in [0.05, 0.1) is 17.0 Å². The lowest BCUT2D eigenvalue weighted by Crippen LogP contribution is -2.54. The molecule has 4 rings (SSSR count). The van der Waals surface area contributed by atoms with Gasteiger partial charge in [-0.25, -0.2) is 12.8 Å². The molecule has 3 aromatic rings. The van der Waals surface area contributed by atoms with Gasteiger partial charge < -0.3 is 10.2 Å². The summed E-state index contributed by atoms with van der Waals surface area (Å²) >= 11 is 6.31. The predicted molar refractivity (Wildman–Crippen MR) is 155 cm³/mol. The highest BCUT2D eigenvalue weighted by Crippen LogP contribution is 2.28.